The van der Waals surface area contributed by atoms with Crippen LogP contribution >= 0.6 is 0 Å². The second-order valence-corrected chi connectivity index (χ2v) is 2.80. The Balaban J connectivity index is 0.000000336. The van der Waals surface area contributed by atoms with Gasteiger partial charge in [-0.1, -0.05) is 37.3 Å². The highest BCUT2D eigenvalue weighted by Crippen LogP contribution is 1.98. The maximum atomic E-state index is 10.2. The van der Waals surface area contributed by atoms with E-state index in [1.807, 2.05) is 18.2 Å². The van der Waals surface area contributed by atoms with Gasteiger partial charge in [0, 0.05) is 6.42 Å². The van der Waals surface area contributed by atoms with Crippen molar-refractivity contribution in [3.05, 3.63) is 35.9 Å². The smallest absolute Gasteiger partial charge is 0.307 e. The van der Waals surface area contributed by atoms with Crippen molar-refractivity contribution in [2.24, 2.45) is 0 Å². The van der Waals surface area contributed by atoms with Crippen LogP contribution in [-0.4, -0.2) is 22.2 Å². The average molecular weight is 210 g/mol. The molecule has 2 N–H and O–H groups in total. The van der Waals surface area contributed by atoms with E-state index in [1.165, 1.54) is 0 Å². The lowest BCUT2D eigenvalue weighted by molar-refractivity contribution is -0.137. The van der Waals surface area contributed by atoms with Crippen LogP contribution in [0.25, 0.3) is 0 Å². The molecule has 0 unspecified atom stereocenters. The number of carbonyl (C=O) groups is 2. The summed E-state index contributed by atoms with van der Waals surface area (Å²) in [5.74, 6) is -1.53. The van der Waals surface area contributed by atoms with E-state index in [0.717, 1.165) is 5.56 Å². The lowest BCUT2D eigenvalue weighted by atomic mass is 10.2. The fraction of sp³-hybridized carbons (Fsp3) is 0.273. The molecule has 0 fully saturated rings. The summed E-state index contributed by atoms with van der Waals surface area (Å²) in [6.45, 7) is 1.60. The molecule has 4 heteroatoms. The van der Waals surface area contributed by atoms with Crippen molar-refractivity contribution < 1.29 is 19.8 Å². The van der Waals surface area contributed by atoms with Gasteiger partial charge in [0.1, 0.15) is 0 Å². The molecular formula is C11H14O4. The quantitative estimate of drug-likeness (QED) is 0.797. The minimum atomic E-state index is -0.786. The largest absolute Gasteiger partial charge is 0.481 e. The third kappa shape index (κ3) is 8.49. The topological polar surface area (TPSA) is 74.6 Å². The van der Waals surface area contributed by atoms with Crippen LogP contribution in [0.15, 0.2) is 30.3 Å². The van der Waals surface area contributed by atoms with E-state index in [-0.39, 0.29) is 12.8 Å². The Hall–Kier alpha value is -1.84. The molecule has 82 valence electrons. The van der Waals surface area contributed by atoms with Crippen LogP contribution < -0.4 is 0 Å². The van der Waals surface area contributed by atoms with Crippen molar-refractivity contribution in [2.75, 3.05) is 0 Å². The minimum absolute atomic E-state index is 0.112. The summed E-state index contributed by atoms with van der Waals surface area (Å²) in [7, 11) is 0. The molecular weight excluding hydrogens is 196 g/mol. The van der Waals surface area contributed by atoms with Gasteiger partial charge in [0.05, 0.1) is 6.42 Å². The first-order valence-corrected chi connectivity index (χ1v) is 4.53. The zero-order chi connectivity index (χ0) is 11.7. The molecule has 0 aliphatic heterocycles. The molecule has 15 heavy (non-hydrogen) atoms. The van der Waals surface area contributed by atoms with E-state index < -0.39 is 11.9 Å². The van der Waals surface area contributed by atoms with Gasteiger partial charge in [0.15, 0.2) is 0 Å². The molecule has 0 heterocycles. The van der Waals surface area contributed by atoms with Crippen LogP contribution in [0.2, 0.25) is 0 Å². The highest BCUT2D eigenvalue weighted by atomic mass is 16.4. The Morgan fingerprint density at radius 3 is 1.87 bits per heavy atom. The summed E-state index contributed by atoms with van der Waals surface area (Å²) in [6, 6.07) is 9.13. The Morgan fingerprint density at radius 1 is 1.07 bits per heavy atom. The van der Waals surface area contributed by atoms with Crippen molar-refractivity contribution in [3.63, 3.8) is 0 Å². The van der Waals surface area contributed by atoms with Gasteiger partial charge < -0.3 is 10.2 Å². The van der Waals surface area contributed by atoms with Gasteiger partial charge in [-0.3, -0.25) is 9.59 Å². The summed E-state index contributed by atoms with van der Waals surface area (Å²) in [4.78, 5) is 19.5. The van der Waals surface area contributed by atoms with Crippen LogP contribution in [0.1, 0.15) is 18.9 Å². The number of rotatable bonds is 3. The van der Waals surface area contributed by atoms with Gasteiger partial charge in [-0.05, 0) is 5.56 Å². The van der Waals surface area contributed by atoms with Crippen LogP contribution in [0.4, 0.5) is 0 Å². The molecule has 0 aliphatic carbocycles. The lowest BCUT2D eigenvalue weighted by Gasteiger charge is -1.92. The number of aliphatic carboxylic acids is 2. The molecule has 0 saturated carbocycles. The number of hydrogen-bond acceptors (Lipinski definition) is 2. The van der Waals surface area contributed by atoms with Crippen LogP contribution in [0, 0.1) is 0 Å². The summed E-state index contributed by atoms with van der Waals surface area (Å²) in [5.41, 5.74) is 0.843. The predicted octanol–water partition coefficient (Wildman–Crippen LogP) is 1.79. The summed E-state index contributed by atoms with van der Waals surface area (Å²) in [5, 5.41) is 16.1. The zero-order valence-corrected chi connectivity index (χ0v) is 8.51. The molecule has 1 rings (SSSR count). The summed E-state index contributed by atoms with van der Waals surface area (Å²) in [6.07, 6.45) is 0.334. The van der Waals surface area contributed by atoms with E-state index in [2.05, 4.69) is 0 Å². The first kappa shape index (κ1) is 13.2. The van der Waals surface area contributed by atoms with Crippen molar-refractivity contribution in [2.45, 2.75) is 19.8 Å². The van der Waals surface area contributed by atoms with Crippen LogP contribution in [-0.2, 0) is 16.0 Å². The monoisotopic (exact) mass is 210 g/mol. The third-order valence-electron chi connectivity index (χ3n) is 1.50. The SMILES string of the molecule is CCC(=O)O.O=C(O)Cc1ccccc1. The van der Waals surface area contributed by atoms with Crippen LogP contribution in [0.3, 0.4) is 0 Å². The third-order valence-corrected chi connectivity index (χ3v) is 1.50. The number of hydrogen-bond donors (Lipinski definition) is 2. The standard InChI is InChI=1S/C8H8O2.C3H6O2/c9-8(10)6-7-4-2-1-3-5-7;1-2-3(4)5/h1-5H,6H2,(H,9,10);2H2,1H3,(H,4,5). The molecule has 4 nitrogen and oxygen atoms in total. The average Bonchev–Trinajstić information content (AvgIpc) is 2.19. The van der Waals surface area contributed by atoms with Crippen molar-refractivity contribution >= 4 is 11.9 Å². The molecule has 0 spiro atoms. The van der Waals surface area contributed by atoms with Gasteiger partial charge in [-0.2, -0.15) is 0 Å². The molecule has 0 amide bonds. The first-order valence-electron chi connectivity index (χ1n) is 4.53. The normalized spacial score (nSPS) is 8.60. The predicted molar refractivity (Wildman–Crippen MR) is 55.7 cm³/mol. The van der Waals surface area contributed by atoms with Gasteiger partial charge >= 0.3 is 11.9 Å². The molecule has 0 aliphatic rings. The number of carboxylic acid groups (broad SMARTS) is 2. The van der Waals surface area contributed by atoms with Crippen molar-refractivity contribution in [3.8, 4) is 0 Å². The summed E-state index contributed by atoms with van der Waals surface area (Å²) >= 11 is 0. The van der Waals surface area contributed by atoms with Crippen LogP contribution in [0.5, 0.6) is 0 Å². The lowest BCUT2D eigenvalue weighted by Crippen LogP contribution is -1.98. The van der Waals surface area contributed by atoms with E-state index in [9.17, 15) is 9.59 Å². The molecule has 1 aromatic rings. The molecule has 0 bridgehead atoms. The Morgan fingerprint density at radius 2 is 1.53 bits per heavy atom. The Bertz CT molecular complexity index is 306. The zero-order valence-electron chi connectivity index (χ0n) is 8.51. The number of carboxylic acids is 2. The fourth-order valence-corrected chi connectivity index (χ4v) is 0.770. The molecule has 0 radical (unpaired) electrons. The van der Waals surface area contributed by atoms with Crippen molar-refractivity contribution in [1.82, 2.24) is 0 Å². The molecule has 0 aromatic heterocycles. The summed E-state index contributed by atoms with van der Waals surface area (Å²) < 4.78 is 0. The second-order valence-electron chi connectivity index (χ2n) is 2.80. The van der Waals surface area contributed by atoms with E-state index >= 15 is 0 Å². The van der Waals surface area contributed by atoms with E-state index in [4.69, 9.17) is 10.2 Å². The Labute approximate surface area is 88.2 Å². The highest BCUT2D eigenvalue weighted by Gasteiger charge is 1.96. The minimum Gasteiger partial charge on any atom is -0.481 e. The first-order chi connectivity index (χ1) is 7.06. The molecule has 0 saturated heterocycles. The Kier molecular flexibility index (Phi) is 6.63. The highest BCUT2D eigenvalue weighted by molar-refractivity contribution is 5.70. The second kappa shape index (κ2) is 7.55. The van der Waals surface area contributed by atoms with E-state index in [0.29, 0.717) is 0 Å². The molecule has 0 atom stereocenters. The maximum absolute atomic E-state index is 10.2. The van der Waals surface area contributed by atoms with Gasteiger partial charge in [-0.25, -0.2) is 0 Å². The number of benzene rings is 1. The maximum Gasteiger partial charge on any atom is 0.307 e. The van der Waals surface area contributed by atoms with E-state index in [1.54, 1.807) is 19.1 Å². The molecule has 1 aromatic carbocycles. The van der Waals surface area contributed by atoms with Gasteiger partial charge in [0.25, 0.3) is 0 Å². The fourth-order valence-electron chi connectivity index (χ4n) is 0.770. The van der Waals surface area contributed by atoms with Crippen molar-refractivity contribution in [1.29, 1.82) is 0 Å². The van der Waals surface area contributed by atoms with Gasteiger partial charge in [0.2, 0.25) is 0 Å². The van der Waals surface area contributed by atoms with Gasteiger partial charge in [-0.15, -0.1) is 0 Å².